The first-order valence-corrected chi connectivity index (χ1v) is 7.34. The quantitative estimate of drug-likeness (QED) is 0.816. The van der Waals surface area contributed by atoms with Crippen LogP contribution in [0.15, 0.2) is 24.3 Å². The Morgan fingerprint density at radius 3 is 2.86 bits per heavy atom. The number of benzene rings is 1. The summed E-state index contributed by atoms with van der Waals surface area (Å²) in [6, 6.07) is 6.29. The van der Waals surface area contributed by atoms with Crippen LogP contribution in [0.4, 0.5) is 4.39 Å². The van der Waals surface area contributed by atoms with Crippen molar-refractivity contribution in [2.24, 2.45) is 11.7 Å². The molecule has 0 aromatic heterocycles. The molecule has 0 amide bonds. The Morgan fingerprint density at radius 2 is 2.29 bits per heavy atom. The van der Waals surface area contributed by atoms with Gasteiger partial charge in [0.15, 0.2) is 0 Å². The van der Waals surface area contributed by atoms with Crippen molar-refractivity contribution in [1.29, 1.82) is 0 Å². The van der Waals surface area contributed by atoms with Crippen molar-refractivity contribution < 1.29 is 18.7 Å². The highest BCUT2D eigenvalue weighted by molar-refractivity contribution is 5.83. The molecule has 0 spiro atoms. The van der Waals surface area contributed by atoms with Crippen molar-refractivity contribution in [1.82, 2.24) is 0 Å². The van der Waals surface area contributed by atoms with Crippen LogP contribution in [0.2, 0.25) is 0 Å². The molecule has 1 aromatic carbocycles. The molecule has 1 heterocycles. The standard InChI is InChI=1S/C16H22FNO3/c1-2-21-15(19)16(11-18,9-12-7-8-20-10-12)13-5-3-4-6-14(13)17/h3-6,12H,2,7-11,18H2,1H3. The summed E-state index contributed by atoms with van der Waals surface area (Å²) in [5.74, 6) is -0.683. The maximum atomic E-state index is 14.3. The second-order valence-corrected chi connectivity index (χ2v) is 5.42. The van der Waals surface area contributed by atoms with Crippen LogP contribution in [-0.4, -0.2) is 32.3 Å². The number of ether oxygens (including phenoxy) is 2. The van der Waals surface area contributed by atoms with Gasteiger partial charge in [0.1, 0.15) is 11.2 Å². The van der Waals surface area contributed by atoms with Crippen LogP contribution < -0.4 is 5.73 Å². The first-order chi connectivity index (χ1) is 10.1. The summed E-state index contributed by atoms with van der Waals surface area (Å²) in [7, 11) is 0. The fourth-order valence-electron chi connectivity index (χ4n) is 2.94. The molecule has 116 valence electrons. The largest absolute Gasteiger partial charge is 0.465 e. The minimum absolute atomic E-state index is 0.0171. The van der Waals surface area contributed by atoms with Crippen molar-refractivity contribution in [3.8, 4) is 0 Å². The molecule has 4 nitrogen and oxygen atoms in total. The molecule has 1 saturated heterocycles. The van der Waals surface area contributed by atoms with Gasteiger partial charge in [-0.3, -0.25) is 4.79 Å². The Kier molecular flexibility index (Phi) is 5.31. The van der Waals surface area contributed by atoms with Gasteiger partial charge in [-0.2, -0.15) is 0 Å². The van der Waals surface area contributed by atoms with E-state index >= 15 is 0 Å². The lowest BCUT2D eigenvalue weighted by Crippen LogP contribution is -2.46. The summed E-state index contributed by atoms with van der Waals surface area (Å²) in [5, 5.41) is 0. The van der Waals surface area contributed by atoms with Crippen molar-refractivity contribution in [2.75, 3.05) is 26.4 Å². The number of halogens is 1. The topological polar surface area (TPSA) is 61.5 Å². The summed E-state index contributed by atoms with van der Waals surface area (Å²) >= 11 is 0. The third kappa shape index (κ3) is 3.24. The fraction of sp³-hybridized carbons (Fsp3) is 0.562. The van der Waals surface area contributed by atoms with Gasteiger partial charge in [0, 0.05) is 25.3 Å². The second kappa shape index (κ2) is 7.00. The van der Waals surface area contributed by atoms with Crippen molar-refractivity contribution in [2.45, 2.75) is 25.2 Å². The number of hydrogen-bond donors (Lipinski definition) is 1. The molecule has 2 atom stereocenters. The van der Waals surface area contributed by atoms with Crippen LogP contribution in [0.25, 0.3) is 0 Å². The van der Waals surface area contributed by atoms with Crippen LogP contribution in [-0.2, 0) is 19.7 Å². The molecular formula is C16H22FNO3. The lowest BCUT2D eigenvalue weighted by atomic mass is 9.73. The van der Waals surface area contributed by atoms with Gasteiger partial charge < -0.3 is 15.2 Å². The Balaban J connectivity index is 2.40. The second-order valence-electron chi connectivity index (χ2n) is 5.42. The number of carbonyl (C=O) groups is 1. The van der Waals surface area contributed by atoms with E-state index in [-0.39, 0.29) is 19.1 Å². The average molecular weight is 295 g/mol. The molecule has 0 saturated carbocycles. The van der Waals surface area contributed by atoms with E-state index in [1.54, 1.807) is 25.1 Å². The van der Waals surface area contributed by atoms with Crippen LogP contribution in [0.3, 0.4) is 0 Å². The van der Waals surface area contributed by atoms with E-state index in [0.29, 0.717) is 25.2 Å². The van der Waals surface area contributed by atoms with Crippen LogP contribution in [0.5, 0.6) is 0 Å². The number of hydrogen-bond acceptors (Lipinski definition) is 4. The maximum Gasteiger partial charge on any atom is 0.317 e. The zero-order valence-corrected chi connectivity index (χ0v) is 12.3. The molecule has 0 radical (unpaired) electrons. The zero-order valence-electron chi connectivity index (χ0n) is 12.3. The third-order valence-corrected chi connectivity index (χ3v) is 4.07. The average Bonchev–Trinajstić information content (AvgIpc) is 2.98. The summed E-state index contributed by atoms with van der Waals surface area (Å²) < 4.78 is 24.8. The molecular weight excluding hydrogens is 273 g/mol. The fourth-order valence-corrected chi connectivity index (χ4v) is 2.94. The van der Waals surface area contributed by atoms with E-state index in [1.807, 2.05) is 0 Å². The van der Waals surface area contributed by atoms with E-state index < -0.39 is 17.2 Å². The SMILES string of the molecule is CCOC(=O)C(CN)(CC1CCOC1)c1ccccc1F. The van der Waals surface area contributed by atoms with Gasteiger partial charge >= 0.3 is 5.97 Å². The highest BCUT2D eigenvalue weighted by Crippen LogP contribution is 2.36. The van der Waals surface area contributed by atoms with Crippen molar-refractivity contribution >= 4 is 5.97 Å². The van der Waals surface area contributed by atoms with Gasteiger partial charge in [-0.15, -0.1) is 0 Å². The smallest absolute Gasteiger partial charge is 0.317 e. The van der Waals surface area contributed by atoms with Crippen LogP contribution >= 0.6 is 0 Å². The van der Waals surface area contributed by atoms with Crippen molar-refractivity contribution in [3.05, 3.63) is 35.6 Å². The number of esters is 1. The zero-order chi connectivity index (χ0) is 15.3. The molecule has 1 aliphatic rings. The molecule has 21 heavy (non-hydrogen) atoms. The minimum atomic E-state index is -1.14. The van der Waals surface area contributed by atoms with Gasteiger partial charge in [-0.1, -0.05) is 18.2 Å². The predicted molar refractivity (Wildman–Crippen MR) is 77.3 cm³/mol. The summed E-state index contributed by atoms with van der Waals surface area (Å²) in [6.07, 6.45) is 1.30. The monoisotopic (exact) mass is 295 g/mol. The highest BCUT2D eigenvalue weighted by Gasteiger charge is 2.44. The van der Waals surface area contributed by atoms with Gasteiger partial charge in [0.25, 0.3) is 0 Å². The normalized spacial score (nSPS) is 21.0. The van der Waals surface area contributed by atoms with Gasteiger partial charge in [-0.05, 0) is 31.7 Å². The first-order valence-electron chi connectivity index (χ1n) is 7.34. The Labute approximate surface area is 124 Å². The molecule has 5 heteroatoms. The molecule has 1 fully saturated rings. The minimum Gasteiger partial charge on any atom is -0.465 e. The summed E-state index contributed by atoms with van der Waals surface area (Å²) in [6.45, 7) is 3.25. The van der Waals surface area contributed by atoms with E-state index in [2.05, 4.69) is 0 Å². The van der Waals surface area contributed by atoms with E-state index in [4.69, 9.17) is 15.2 Å². The molecule has 2 unspecified atom stereocenters. The Morgan fingerprint density at radius 1 is 1.52 bits per heavy atom. The molecule has 0 bridgehead atoms. The molecule has 1 aromatic rings. The third-order valence-electron chi connectivity index (χ3n) is 4.07. The van der Waals surface area contributed by atoms with Crippen LogP contribution in [0.1, 0.15) is 25.3 Å². The lowest BCUT2D eigenvalue weighted by molar-refractivity contribution is -0.150. The molecule has 1 aliphatic heterocycles. The molecule has 0 aliphatic carbocycles. The lowest BCUT2D eigenvalue weighted by Gasteiger charge is -2.32. The Hall–Kier alpha value is -1.46. The number of rotatable bonds is 6. The first kappa shape index (κ1) is 15.9. The molecule has 2 N–H and O–H groups in total. The number of carbonyl (C=O) groups excluding carboxylic acids is 1. The van der Waals surface area contributed by atoms with Crippen molar-refractivity contribution in [3.63, 3.8) is 0 Å². The van der Waals surface area contributed by atoms with E-state index in [0.717, 1.165) is 6.42 Å². The number of nitrogens with two attached hydrogens (primary N) is 1. The maximum absolute atomic E-state index is 14.3. The van der Waals surface area contributed by atoms with Gasteiger partial charge in [-0.25, -0.2) is 4.39 Å². The highest BCUT2D eigenvalue weighted by atomic mass is 19.1. The van der Waals surface area contributed by atoms with E-state index in [9.17, 15) is 9.18 Å². The predicted octanol–water partition coefficient (Wildman–Crippen LogP) is 2.01. The summed E-state index contributed by atoms with van der Waals surface area (Å²) in [4.78, 5) is 12.5. The van der Waals surface area contributed by atoms with Crippen LogP contribution in [0, 0.1) is 11.7 Å². The van der Waals surface area contributed by atoms with E-state index in [1.165, 1.54) is 6.07 Å². The Bertz CT molecular complexity index is 488. The van der Waals surface area contributed by atoms with Gasteiger partial charge in [0.05, 0.1) is 6.61 Å². The molecule has 2 rings (SSSR count). The summed E-state index contributed by atoms with van der Waals surface area (Å²) in [5.41, 5.74) is 5.09. The van der Waals surface area contributed by atoms with Gasteiger partial charge in [0.2, 0.25) is 0 Å².